The lowest BCUT2D eigenvalue weighted by atomic mass is 10.1. The first-order valence-corrected chi connectivity index (χ1v) is 8.18. The van der Waals surface area contributed by atoms with Crippen molar-refractivity contribution in [1.29, 1.82) is 0 Å². The highest BCUT2D eigenvalue weighted by Crippen LogP contribution is 2.29. The van der Waals surface area contributed by atoms with Crippen LogP contribution in [0.4, 0.5) is 0 Å². The second-order valence-electron chi connectivity index (χ2n) is 6.08. The van der Waals surface area contributed by atoms with E-state index in [1.807, 2.05) is 56.1 Å². The summed E-state index contributed by atoms with van der Waals surface area (Å²) in [4.78, 5) is 14.2. The smallest absolute Gasteiger partial charge is 0.234 e. The van der Waals surface area contributed by atoms with Gasteiger partial charge in [0.25, 0.3) is 0 Å². The van der Waals surface area contributed by atoms with Crippen LogP contribution in [0.5, 0.6) is 11.5 Å². The molecule has 2 rings (SSSR count). The molecule has 6 heteroatoms. The number of hydrogen-bond acceptors (Lipinski definition) is 5. The third kappa shape index (κ3) is 5.26. The minimum atomic E-state index is -0.197. The quantitative estimate of drug-likeness (QED) is 0.796. The Balaban J connectivity index is 1.95. The largest absolute Gasteiger partial charge is 0.497 e. The van der Waals surface area contributed by atoms with Crippen molar-refractivity contribution >= 4 is 5.91 Å². The number of hydrogen-bond donors (Lipinski definition) is 1. The summed E-state index contributed by atoms with van der Waals surface area (Å²) in [5.74, 6) is 3.08. The fourth-order valence-electron chi connectivity index (χ4n) is 2.68. The van der Waals surface area contributed by atoms with Gasteiger partial charge in [-0.15, -0.1) is 0 Å². The predicted molar refractivity (Wildman–Crippen MR) is 95.9 cm³/mol. The first kappa shape index (κ1) is 18.9. The van der Waals surface area contributed by atoms with Gasteiger partial charge in [-0.2, -0.15) is 0 Å². The highest BCUT2D eigenvalue weighted by molar-refractivity contribution is 5.78. The summed E-state index contributed by atoms with van der Waals surface area (Å²) in [5, 5.41) is 3.00. The summed E-state index contributed by atoms with van der Waals surface area (Å²) in [6.45, 7) is 4.68. The zero-order chi connectivity index (χ0) is 18.4. The first-order chi connectivity index (χ1) is 11.9. The van der Waals surface area contributed by atoms with Gasteiger partial charge in [-0.25, -0.2) is 0 Å². The molecule has 1 atom stereocenters. The van der Waals surface area contributed by atoms with E-state index in [9.17, 15) is 4.79 Å². The molecule has 25 heavy (non-hydrogen) atoms. The van der Waals surface area contributed by atoms with E-state index in [2.05, 4.69) is 5.32 Å². The van der Waals surface area contributed by atoms with Gasteiger partial charge in [0.1, 0.15) is 23.0 Å². The fraction of sp³-hybridized carbons (Fsp3) is 0.421. The zero-order valence-electron chi connectivity index (χ0n) is 15.5. The standard InChI is InChI=1S/C19H26N2O4/c1-13-6-7-16(25-13)11-21(3)12-19(22)20-14(2)17-10-15(23-4)8-9-18(17)24-5/h6-10,14H,11-12H2,1-5H3,(H,20,22). The summed E-state index contributed by atoms with van der Waals surface area (Å²) in [6, 6.07) is 9.18. The van der Waals surface area contributed by atoms with Crippen molar-refractivity contribution in [3.63, 3.8) is 0 Å². The molecule has 0 aliphatic carbocycles. The maximum Gasteiger partial charge on any atom is 0.234 e. The van der Waals surface area contributed by atoms with E-state index in [-0.39, 0.29) is 18.5 Å². The number of amides is 1. The molecular weight excluding hydrogens is 320 g/mol. The number of aryl methyl sites for hydroxylation is 1. The van der Waals surface area contributed by atoms with E-state index in [4.69, 9.17) is 13.9 Å². The highest BCUT2D eigenvalue weighted by Gasteiger charge is 2.16. The van der Waals surface area contributed by atoms with Gasteiger partial charge in [-0.1, -0.05) is 0 Å². The number of nitrogens with one attached hydrogen (secondary N) is 1. The van der Waals surface area contributed by atoms with Crippen LogP contribution in [0.15, 0.2) is 34.7 Å². The van der Waals surface area contributed by atoms with Gasteiger partial charge in [0, 0.05) is 5.56 Å². The molecule has 136 valence electrons. The molecule has 1 aromatic heterocycles. The van der Waals surface area contributed by atoms with E-state index < -0.39 is 0 Å². The zero-order valence-corrected chi connectivity index (χ0v) is 15.5. The number of carbonyl (C=O) groups is 1. The lowest BCUT2D eigenvalue weighted by Gasteiger charge is -2.20. The lowest BCUT2D eigenvalue weighted by Crippen LogP contribution is -2.36. The molecule has 0 bridgehead atoms. The number of likely N-dealkylation sites (N-methyl/N-ethyl adjacent to an activating group) is 1. The van der Waals surface area contributed by atoms with Crippen LogP contribution >= 0.6 is 0 Å². The molecule has 6 nitrogen and oxygen atoms in total. The number of furan rings is 1. The van der Waals surface area contributed by atoms with Gasteiger partial charge in [0.15, 0.2) is 0 Å². The fourth-order valence-corrected chi connectivity index (χ4v) is 2.68. The third-order valence-electron chi connectivity index (χ3n) is 3.92. The number of ether oxygens (including phenoxy) is 2. The summed E-state index contributed by atoms with van der Waals surface area (Å²) < 4.78 is 16.2. The highest BCUT2D eigenvalue weighted by atomic mass is 16.5. The monoisotopic (exact) mass is 346 g/mol. The summed E-state index contributed by atoms with van der Waals surface area (Å²) >= 11 is 0. The molecule has 1 heterocycles. The van der Waals surface area contributed by atoms with Crippen molar-refractivity contribution in [3.8, 4) is 11.5 Å². The van der Waals surface area contributed by atoms with Crippen molar-refractivity contribution in [2.75, 3.05) is 27.8 Å². The topological polar surface area (TPSA) is 63.9 Å². The molecule has 2 aromatic rings. The summed E-state index contributed by atoms with van der Waals surface area (Å²) in [6.07, 6.45) is 0. The Morgan fingerprint density at radius 2 is 2.00 bits per heavy atom. The number of nitrogens with zero attached hydrogens (tertiary/aromatic N) is 1. The Hall–Kier alpha value is -2.47. The van der Waals surface area contributed by atoms with Crippen LogP contribution in [0.3, 0.4) is 0 Å². The van der Waals surface area contributed by atoms with Crippen molar-refractivity contribution in [2.24, 2.45) is 0 Å². The molecule has 0 saturated heterocycles. The molecule has 0 radical (unpaired) electrons. The second-order valence-corrected chi connectivity index (χ2v) is 6.08. The summed E-state index contributed by atoms with van der Waals surface area (Å²) in [5.41, 5.74) is 0.875. The molecule has 0 saturated carbocycles. The van der Waals surface area contributed by atoms with Crippen molar-refractivity contribution in [2.45, 2.75) is 26.4 Å². The minimum Gasteiger partial charge on any atom is -0.497 e. The molecule has 0 fully saturated rings. The molecule has 1 N–H and O–H groups in total. The van der Waals surface area contributed by atoms with Gasteiger partial charge >= 0.3 is 0 Å². The maximum absolute atomic E-state index is 12.3. The molecule has 0 spiro atoms. The number of benzene rings is 1. The first-order valence-electron chi connectivity index (χ1n) is 8.18. The second kappa shape index (κ2) is 8.58. The molecule has 1 unspecified atom stereocenters. The average Bonchev–Trinajstić information content (AvgIpc) is 2.98. The van der Waals surface area contributed by atoms with Crippen molar-refractivity contribution < 1.29 is 18.7 Å². The number of rotatable bonds is 8. The Morgan fingerprint density at radius 1 is 1.24 bits per heavy atom. The van der Waals surface area contributed by atoms with Gasteiger partial charge in [-0.3, -0.25) is 9.69 Å². The SMILES string of the molecule is COc1ccc(OC)c(C(C)NC(=O)CN(C)Cc2ccc(C)o2)c1. The predicted octanol–water partition coefficient (Wildman–Crippen LogP) is 2.91. The van der Waals surface area contributed by atoms with E-state index in [1.165, 1.54) is 0 Å². The van der Waals surface area contributed by atoms with E-state index in [0.717, 1.165) is 22.8 Å². The van der Waals surface area contributed by atoms with E-state index >= 15 is 0 Å². The van der Waals surface area contributed by atoms with Crippen molar-refractivity contribution in [3.05, 3.63) is 47.4 Å². The van der Waals surface area contributed by atoms with Crippen LogP contribution in [0.25, 0.3) is 0 Å². The van der Waals surface area contributed by atoms with Crippen molar-refractivity contribution in [1.82, 2.24) is 10.2 Å². The minimum absolute atomic E-state index is 0.0665. The normalized spacial score (nSPS) is 12.1. The van der Waals surface area contributed by atoms with Gasteiger partial charge < -0.3 is 19.2 Å². The van der Waals surface area contributed by atoms with Crippen LogP contribution < -0.4 is 14.8 Å². The van der Waals surface area contributed by atoms with E-state index in [0.29, 0.717) is 12.3 Å². The molecule has 0 aliphatic heterocycles. The Labute approximate surface area is 148 Å². The Kier molecular flexibility index (Phi) is 6.47. The van der Waals surface area contributed by atoms with Crippen LogP contribution in [-0.4, -0.2) is 38.6 Å². The van der Waals surface area contributed by atoms with Gasteiger partial charge in [0.2, 0.25) is 5.91 Å². The van der Waals surface area contributed by atoms with Crippen LogP contribution in [0.1, 0.15) is 30.0 Å². The van der Waals surface area contributed by atoms with Gasteiger partial charge in [-0.05, 0) is 51.2 Å². The van der Waals surface area contributed by atoms with Crippen LogP contribution in [-0.2, 0) is 11.3 Å². The van der Waals surface area contributed by atoms with E-state index in [1.54, 1.807) is 14.2 Å². The van der Waals surface area contributed by atoms with Crippen LogP contribution in [0, 0.1) is 6.92 Å². The molecule has 1 amide bonds. The molecule has 0 aliphatic rings. The van der Waals surface area contributed by atoms with Gasteiger partial charge in [0.05, 0.1) is 33.4 Å². The number of methoxy groups -OCH3 is 2. The van der Waals surface area contributed by atoms with Crippen LogP contribution in [0.2, 0.25) is 0 Å². The average molecular weight is 346 g/mol. The molecular formula is C19H26N2O4. The maximum atomic E-state index is 12.3. The third-order valence-corrected chi connectivity index (χ3v) is 3.92. The summed E-state index contributed by atoms with van der Waals surface area (Å²) in [7, 11) is 5.10. The Bertz CT molecular complexity index is 711. The number of carbonyl (C=O) groups excluding carboxylic acids is 1. The lowest BCUT2D eigenvalue weighted by molar-refractivity contribution is -0.122. The molecule has 1 aromatic carbocycles. The Morgan fingerprint density at radius 3 is 2.60 bits per heavy atom.